The lowest BCUT2D eigenvalue weighted by Gasteiger charge is -2.21. The second kappa shape index (κ2) is 4.32. The monoisotopic (exact) mass is 232 g/mol. The van der Waals surface area contributed by atoms with Gasteiger partial charge < -0.3 is 0 Å². The van der Waals surface area contributed by atoms with E-state index >= 15 is 0 Å². The summed E-state index contributed by atoms with van der Waals surface area (Å²) >= 11 is 0. The minimum atomic E-state index is -0.420. The highest BCUT2D eigenvalue weighted by Crippen LogP contribution is 2.20. The molecule has 1 aliphatic rings. The molecular formula is C11H12N4O2. The van der Waals surface area contributed by atoms with Crippen molar-refractivity contribution in [2.75, 3.05) is 11.7 Å². The highest BCUT2D eigenvalue weighted by molar-refractivity contribution is 6.41. The first-order valence-electron chi connectivity index (χ1n) is 5.16. The Labute approximate surface area is 98.4 Å². The first kappa shape index (κ1) is 11.3. The summed E-state index contributed by atoms with van der Waals surface area (Å²) in [5.41, 5.74) is 2.65. The van der Waals surface area contributed by atoms with Gasteiger partial charge in [-0.05, 0) is 26.0 Å². The van der Waals surface area contributed by atoms with Gasteiger partial charge in [0.25, 0.3) is 5.69 Å². The zero-order valence-corrected chi connectivity index (χ0v) is 9.62. The number of hydrogen-bond donors (Lipinski definition) is 0. The number of rotatable bonds is 2. The third-order valence-electron chi connectivity index (χ3n) is 2.59. The van der Waals surface area contributed by atoms with Crippen LogP contribution in [0.1, 0.15) is 13.8 Å². The van der Waals surface area contributed by atoms with Crippen LogP contribution < -0.4 is 5.01 Å². The van der Waals surface area contributed by atoms with Crippen molar-refractivity contribution in [3.63, 3.8) is 0 Å². The summed E-state index contributed by atoms with van der Waals surface area (Å²) in [6.07, 6.45) is 0. The zero-order valence-electron chi connectivity index (χ0n) is 9.62. The quantitative estimate of drug-likeness (QED) is 0.579. The van der Waals surface area contributed by atoms with Crippen molar-refractivity contribution in [1.29, 1.82) is 0 Å². The van der Waals surface area contributed by atoms with E-state index in [0.29, 0.717) is 6.67 Å². The topological polar surface area (TPSA) is 71.1 Å². The van der Waals surface area contributed by atoms with Gasteiger partial charge in [-0.15, -0.1) is 0 Å². The maximum atomic E-state index is 10.5. The van der Waals surface area contributed by atoms with Crippen molar-refractivity contribution < 1.29 is 4.92 Å². The van der Waals surface area contributed by atoms with Crippen molar-refractivity contribution in [1.82, 2.24) is 0 Å². The van der Waals surface area contributed by atoms with E-state index in [1.807, 2.05) is 13.8 Å². The number of nitrogens with zero attached hydrogens (tertiary/aromatic N) is 4. The predicted molar refractivity (Wildman–Crippen MR) is 66.7 cm³/mol. The lowest BCUT2D eigenvalue weighted by molar-refractivity contribution is -0.384. The molecule has 6 heteroatoms. The van der Waals surface area contributed by atoms with Crippen LogP contribution in [-0.2, 0) is 0 Å². The molecule has 0 unspecified atom stereocenters. The molecule has 0 bridgehead atoms. The average molecular weight is 232 g/mol. The van der Waals surface area contributed by atoms with Crippen LogP contribution in [0.5, 0.6) is 0 Å². The first-order chi connectivity index (χ1) is 8.08. The Kier molecular flexibility index (Phi) is 2.86. The number of nitro benzene ring substituents is 1. The molecule has 0 aliphatic carbocycles. The molecule has 17 heavy (non-hydrogen) atoms. The molecule has 0 radical (unpaired) electrons. The number of non-ortho nitro benzene ring substituents is 1. The van der Waals surface area contributed by atoms with Crippen molar-refractivity contribution in [2.24, 2.45) is 10.1 Å². The van der Waals surface area contributed by atoms with Gasteiger partial charge >= 0.3 is 0 Å². The van der Waals surface area contributed by atoms with Crippen LogP contribution in [0.15, 0.2) is 34.4 Å². The summed E-state index contributed by atoms with van der Waals surface area (Å²) in [5.74, 6) is 0. The fourth-order valence-corrected chi connectivity index (χ4v) is 1.46. The maximum absolute atomic E-state index is 10.5. The summed E-state index contributed by atoms with van der Waals surface area (Å²) in [4.78, 5) is 14.4. The van der Waals surface area contributed by atoms with Gasteiger partial charge in [-0.1, -0.05) is 0 Å². The maximum Gasteiger partial charge on any atom is 0.269 e. The van der Waals surface area contributed by atoms with Gasteiger partial charge in [0.15, 0.2) is 0 Å². The molecule has 1 aromatic rings. The van der Waals surface area contributed by atoms with E-state index in [1.165, 1.54) is 12.1 Å². The Bertz CT molecular complexity index is 505. The molecule has 0 atom stereocenters. The van der Waals surface area contributed by atoms with E-state index in [2.05, 4.69) is 10.1 Å². The minimum Gasteiger partial charge on any atom is -0.265 e. The molecule has 1 aliphatic heterocycles. The molecule has 0 fully saturated rings. The molecule has 0 saturated heterocycles. The van der Waals surface area contributed by atoms with Crippen LogP contribution in [-0.4, -0.2) is 23.0 Å². The molecular weight excluding hydrogens is 220 g/mol. The van der Waals surface area contributed by atoms with Crippen LogP contribution in [0.25, 0.3) is 0 Å². The molecule has 2 rings (SSSR count). The summed E-state index contributed by atoms with van der Waals surface area (Å²) < 4.78 is 0. The molecule has 88 valence electrons. The van der Waals surface area contributed by atoms with Gasteiger partial charge in [-0.3, -0.25) is 15.1 Å². The molecule has 0 spiro atoms. The minimum absolute atomic E-state index is 0.0751. The molecule has 0 amide bonds. The van der Waals surface area contributed by atoms with Crippen molar-refractivity contribution in [2.45, 2.75) is 13.8 Å². The van der Waals surface area contributed by atoms with E-state index in [9.17, 15) is 10.1 Å². The summed E-state index contributed by atoms with van der Waals surface area (Å²) in [5, 5.41) is 16.6. The van der Waals surface area contributed by atoms with E-state index in [0.717, 1.165) is 17.1 Å². The third-order valence-corrected chi connectivity index (χ3v) is 2.59. The number of aliphatic imine (C=N–C) groups is 1. The van der Waals surface area contributed by atoms with Crippen LogP contribution >= 0.6 is 0 Å². The molecule has 1 heterocycles. The summed E-state index contributed by atoms with van der Waals surface area (Å²) in [6, 6.07) is 6.27. The number of benzene rings is 1. The van der Waals surface area contributed by atoms with Crippen LogP contribution in [0, 0.1) is 10.1 Å². The Balaban J connectivity index is 2.22. The zero-order chi connectivity index (χ0) is 12.4. The average Bonchev–Trinajstić information content (AvgIpc) is 2.33. The van der Waals surface area contributed by atoms with Gasteiger partial charge in [0, 0.05) is 12.1 Å². The van der Waals surface area contributed by atoms with Gasteiger partial charge in [-0.2, -0.15) is 5.10 Å². The van der Waals surface area contributed by atoms with Crippen LogP contribution in [0.4, 0.5) is 11.4 Å². The van der Waals surface area contributed by atoms with Crippen LogP contribution in [0.2, 0.25) is 0 Å². The van der Waals surface area contributed by atoms with Crippen molar-refractivity contribution in [3.8, 4) is 0 Å². The second-order valence-corrected chi connectivity index (χ2v) is 3.74. The summed E-state index contributed by atoms with van der Waals surface area (Å²) in [7, 11) is 0. The molecule has 6 nitrogen and oxygen atoms in total. The Morgan fingerprint density at radius 3 is 2.41 bits per heavy atom. The van der Waals surface area contributed by atoms with Gasteiger partial charge in [0.1, 0.15) is 6.67 Å². The van der Waals surface area contributed by atoms with Gasteiger partial charge in [0.05, 0.1) is 22.0 Å². The van der Waals surface area contributed by atoms with Crippen LogP contribution in [0.3, 0.4) is 0 Å². The third kappa shape index (κ3) is 2.30. The normalized spacial score (nSPS) is 15.3. The standard InChI is InChI=1S/C11H12N4O2/c1-8-9(2)13-14(7-12-8)10-3-5-11(6-4-10)15(16)17/h3-6H,7H2,1-2H3. The number of anilines is 1. The molecule has 0 aromatic heterocycles. The summed E-state index contributed by atoms with van der Waals surface area (Å²) in [6.45, 7) is 4.24. The van der Waals surface area contributed by atoms with Gasteiger partial charge in [-0.25, -0.2) is 5.01 Å². The Hall–Kier alpha value is -2.24. The lowest BCUT2D eigenvalue weighted by atomic mass is 10.2. The van der Waals surface area contributed by atoms with Gasteiger partial charge in [0.2, 0.25) is 0 Å². The second-order valence-electron chi connectivity index (χ2n) is 3.74. The lowest BCUT2D eigenvalue weighted by Crippen LogP contribution is -2.26. The van der Waals surface area contributed by atoms with E-state index in [1.54, 1.807) is 17.1 Å². The predicted octanol–water partition coefficient (Wildman–Crippen LogP) is 2.21. The first-order valence-corrected chi connectivity index (χ1v) is 5.16. The van der Waals surface area contributed by atoms with Crippen molar-refractivity contribution >= 4 is 22.8 Å². The number of nitro groups is 1. The number of hydrogen-bond acceptors (Lipinski definition) is 5. The highest BCUT2D eigenvalue weighted by atomic mass is 16.6. The SMILES string of the molecule is CC1=NCN(c2ccc([N+](=O)[O-])cc2)N=C1C. The van der Waals surface area contributed by atoms with E-state index < -0.39 is 4.92 Å². The number of hydrazone groups is 1. The molecule has 1 aromatic carbocycles. The molecule has 0 saturated carbocycles. The van der Waals surface area contributed by atoms with E-state index in [4.69, 9.17) is 0 Å². The smallest absolute Gasteiger partial charge is 0.265 e. The Morgan fingerprint density at radius 2 is 1.88 bits per heavy atom. The largest absolute Gasteiger partial charge is 0.269 e. The highest BCUT2D eigenvalue weighted by Gasteiger charge is 2.12. The molecule has 0 N–H and O–H groups in total. The van der Waals surface area contributed by atoms with Crippen molar-refractivity contribution in [3.05, 3.63) is 34.4 Å². The Morgan fingerprint density at radius 1 is 1.24 bits per heavy atom. The van der Waals surface area contributed by atoms with E-state index in [-0.39, 0.29) is 5.69 Å². The fraction of sp³-hybridized carbons (Fsp3) is 0.273. The fourth-order valence-electron chi connectivity index (χ4n) is 1.46.